The van der Waals surface area contributed by atoms with Crippen molar-refractivity contribution in [2.75, 3.05) is 20.2 Å². The molecule has 12 heteroatoms. The molecule has 8 N–H and O–H groups in total. The molecule has 0 heterocycles. The molecule has 12 nitrogen and oxygen atoms in total. The van der Waals surface area contributed by atoms with Crippen LogP contribution in [0.5, 0.6) is 0 Å². The van der Waals surface area contributed by atoms with Crippen LogP contribution in [-0.4, -0.2) is 78.8 Å². The summed E-state index contributed by atoms with van der Waals surface area (Å²) in [5.41, 5.74) is 10.1. The summed E-state index contributed by atoms with van der Waals surface area (Å²) in [7, 11) is 1.55. The molecular weight excluding hydrogens is 432 g/mol. The molecule has 0 radical (unpaired) electrons. The first-order valence-electron chi connectivity index (χ1n) is 11.0. The molecule has 0 aromatic carbocycles. The van der Waals surface area contributed by atoms with Crippen LogP contribution < -0.4 is 32.5 Å². The van der Waals surface area contributed by atoms with E-state index in [1.165, 1.54) is 6.92 Å². The van der Waals surface area contributed by atoms with Gasteiger partial charge >= 0.3 is 0 Å². The van der Waals surface area contributed by atoms with Crippen LogP contribution in [0.15, 0.2) is 0 Å². The number of amides is 3. The van der Waals surface area contributed by atoms with Crippen molar-refractivity contribution >= 4 is 29.3 Å². The first-order valence-corrected chi connectivity index (χ1v) is 11.0. The minimum atomic E-state index is -1.34. The fourth-order valence-electron chi connectivity index (χ4n) is 2.94. The van der Waals surface area contributed by atoms with E-state index in [1.807, 2.05) is 27.7 Å². The highest BCUT2D eigenvalue weighted by Gasteiger charge is 2.30. The van der Waals surface area contributed by atoms with Gasteiger partial charge < -0.3 is 26.8 Å². The summed E-state index contributed by atoms with van der Waals surface area (Å²) in [4.78, 5) is 60.3. The number of likely N-dealkylation sites (N-methyl/N-ethyl adjacent to an activating group) is 1. The molecule has 0 aliphatic carbocycles. The lowest BCUT2D eigenvalue weighted by molar-refractivity contribution is -0.140. The van der Waals surface area contributed by atoms with Crippen LogP contribution in [0.1, 0.15) is 47.5 Å². The number of ketones is 2. The lowest BCUT2D eigenvalue weighted by Crippen LogP contribution is -2.58. The summed E-state index contributed by atoms with van der Waals surface area (Å²) in [5.74, 6) is -3.12. The zero-order valence-electron chi connectivity index (χ0n) is 20.4. The zero-order valence-corrected chi connectivity index (χ0v) is 20.4. The zero-order chi connectivity index (χ0) is 25.7. The van der Waals surface area contributed by atoms with E-state index in [-0.39, 0.29) is 24.3 Å². The second-order valence-electron chi connectivity index (χ2n) is 8.75. The third-order valence-electron chi connectivity index (χ3n) is 5.03. The van der Waals surface area contributed by atoms with Gasteiger partial charge in [0.1, 0.15) is 11.8 Å². The fourth-order valence-corrected chi connectivity index (χ4v) is 2.94. The van der Waals surface area contributed by atoms with Crippen molar-refractivity contribution in [3.8, 4) is 0 Å². The number of nitrogens with one attached hydrogen (secondary N) is 5. The Morgan fingerprint density at radius 1 is 0.939 bits per heavy atom. The molecule has 2 unspecified atom stereocenters. The molecule has 0 saturated carbocycles. The van der Waals surface area contributed by atoms with Crippen molar-refractivity contribution in [1.29, 1.82) is 0 Å². The molecule has 0 bridgehead atoms. The van der Waals surface area contributed by atoms with Crippen LogP contribution in [0.25, 0.3) is 0 Å². The van der Waals surface area contributed by atoms with E-state index in [4.69, 9.17) is 5.73 Å². The number of carbonyl (C=O) groups is 5. The normalized spacial score (nSPS) is 14.9. The predicted molar refractivity (Wildman–Crippen MR) is 123 cm³/mol. The summed E-state index contributed by atoms with van der Waals surface area (Å²) in [5, 5.41) is 17.6. The fraction of sp³-hybridized carbons (Fsp3) is 0.762. The van der Waals surface area contributed by atoms with Crippen molar-refractivity contribution in [2.45, 2.75) is 71.6 Å². The Labute approximate surface area is 195 Å². The summed E-state index contributed by atoms with van der Waals surface area (Å²) >= 11 is 0. The first kappa shape index (κ1) is 30.6. The third-order valence-corrected chi connectivity index (χ3v) is 5.03. The standard InChI is InChI=1S/C21H40N6O6/c1-11(2)7-15(20(32)23-6)24-9-16(12(3)4)25-21(33)19(31)14(8-18(22)30)26-27-17(10-28)13(5)29/h11-12,14-17,24,26-28H,7-10H2,1-6H3,(H2,22,30)(H,23,32)(H,25,33)/t14-,15?,16?,17-/m0/s1. The molecule has 0 saturated heterocycles. The van der Waals surface area contributed by atoms with Gasteiger partial charge in [-0.15, -0.1) is 0 Å². The Kier molecular flexibility index (Phi) is 14.3. The van der Waals surface area contributed by atoms with Crippen LogP contribution in [0.3, 0.4) is 0 Å². The molecule has 0 spiro atoms. The molecule has 0 aromatic heterocycles. The van der Waals surface area contributed by atoms with Gasteiger partial charge in [0.25, 0.3) is 5.91 Å². The molecule has 33 heavy (non-hydrogen) atoms. The molecular formula is C21H40N6O6. The van der Waals surface area contributed by atoms with Crippen molar-refractivity contribution in [3.05, 3.63) is 0 Å². The number of nitrogens with two attached hydrogens (primary N) is 1. The van der Waals surface area contributed by atoms with Gasteiger partial charge in [-0.3, -0.25) is 24.0 Å². The lowest BCUT2D eigenvalue weighted by atomic mass is 10.00. The van der Waals surface area contributed by atoms with Crippen molar-refractivity contribution in [2.24, 2.45) is 17.6 Å². The van der Waals surface area contributed by atoms with E-state index in [0.29, 0.717) is 6.42 Å². The maximum Gasteiger partial charge on any atom is 0.289 e. The van der Waals surface area contributed by atoms with Crippen LogP contribution in [0.2, 0.25) is 0 Å². The smallest absolute Gasteiger partial charge is 0.289 e. The van der Waals surface area contributed by atoms with Gasteiger partial charge in [-0.25, -0.2) is 10.9 Å². The molecule has 4 atom stereocenters. The third kappa shape index (κ3) is 11.9. The van der Waals surface area contributed by atoms with Crippen LogP contribution in [0, 0.1) is 11.8 Å². The number of Topliss-reactive ketones (excluding diaryl/α,β-unsaturated/α-hetero) is 2. The molecule has 190 valence electrons. The number of rotatable bonds is 17. The van der Waals surface area contributed by atoms with Gasteiger partial charge in [0.15, 0.2) is 0 Å². The molecule has 0 aliphatic rings. The lowest BCUT2D eigenvalue weighted by Gasteiger charge is -2.27. The summed E-state index contributed by atoms with van der Waals surface area (Å²) in [6, 6.07) is -3.30. The Morgan fingerprint density at radius 3 is 1.94 bits per heavy atom. The van der Waals surface area contributed by atoms with E-state index in [0.717, 1.165) is 0 Å². The highest BCUT2D eigenvalue weighted by atomic mass is 16.3. The average molecular weight is 473 g/mol. The number of hydrazine groups is 1. The molecule has 0 aliphatic heterocycles. The number of carbonyl (C=O) groups excluding carboxylic acids is 5. The second-order valence-corrected chi connectivity index (χ2v) is 8.75. The Balaban J connectivity index is 5.26. The Bertz CT molecular complexity index is 684. The Hall–Kier alpha value is -2.41. The topological polar surface area (TPSA) is 192 Å². The highest BCUT2D eigenvalue weighted by molar-refractivity contribution is 6.38. The molecule has 0 rings (SSSR count). The van der Waals surface area contributed by atoms with E-state index < -0.39 is 60.6 Å². The van der Waals surface area contributed by atoms with Crippen molar-refractivity contribution in [3.63, 3.8) is 0 Å². The van der Waals surface area contributed by atoms with Gasteiger partial charge in [0.05, 0.1) is 25.1 Å². The minimum Gasteiger partial charge on any atom is -0.394 e. The number of hydrogen-bond donors (Lipinski definition) is 7. The second kappa shape index (κ2) is 15.4. The molecule has 0 aromatic rings. The largest absolute Gasteiger partial charge is 0.394 e. The van der Waals surface area contributed by atoms with Crippen LogP contribution in [0.4, 0.5) is 0 Å². The number of aliphatic hydroxyl groups is 1. The van der Waals surface area contributed by atoms with Crippen molar-refractivity contribution in [1.82, 2.24) is 26.8 Å². The molecule has 3 amide bonds. The Morgan fingerprint density at radius 2 is 1.52 bits per heavy atom. The summed E-state index contributed by atoms with van der Waals surface area (Å²) in [6.45, 7) is 8.62. The van der Waals surface area contributed by atoms with Gasteiger partial charge in [0, 0.05) is 19.6 Å². The summed E-state index contributed by atoms with van der Waals surface area (Å²) < 4.78 is 0. The van der Waals surface area contributed by atoms with E-state index in [2.05, 4.69) is 26.8 Å². The van der Waals surface area contributed by atoms with Gasteiger partial charge in [-0.1, -0.05) is 27.7 Å². The predicted octanol–water partition coefficient (Wildman–Crippen LogP) is -2.27. The summed E-state index contributed by atoms with van der Waals surface area (Å²) in [6.07, 6.45) is 0.100. The van der Waals surface area contributed by atoms with Crippen LogP contribution in [-0.2, 0) is 24.0 Å². The minimum absolute atomic E-state index is 0.0733. The highest BCUT2D eigenvalue weighted by Crippen LogP contribution is 2.07. The molecule has 0 fully saturated rings. The number of aliphatic hydroxyl groups excluding tert-OH is 1. The maximum atomic E-state index is 12.7. The van der Waals surface area contributed by atoms with E-state index >= 15 is 0 Å². The van der Waals surface area contributed by atoms with E-state index in [1.54, 1.807) is 7.05 Å². The monoisotopic (exact) mass is 472 g/mol. The van der Waals surface area contributed by atoms with Gasteiger partial charge in [-0.05, 0) is 25.2 Å². The van der Waals surface area contributed by atoms with E-state index in [9.17, 15) is 29.1 Å². The van der Waals surface area contributed by atoms with Gasteiger partial charge in [-0.2, -0.15) is 0 Å². The van der Waals surface area contributed by atoms with Crippen LogP contribution >= 0.6 is 0 Å². The first-order chi connectivity index (χ1) is 15.3. The van der Waals surface area contributed by atoms with Crippen molar-refractivity contribution < 1.29 is 29.1 Å². The quantitative estimate of drug-likeness (QED) is 0.0903. The SMILES string of the molecule is CNC(=O)C(CC(C)C)NCC(NC(=O)C(=O)[C@H](CC(N)=O)NN[C@@H](CO)C(C)=O)C(C)C. The number of hydrogen-bond acceptors (Lipinski definition) is 9. The maximum absolute atomic E-state index is 12.7. The number of primary amides is 1. The average Bonchev–Trinajstić information content (AvgIpc) is 2.72. The van der Waals surface area contributed by atoms with Gasteiger partial charge in [0.2, 0.25) is 17.6 Å².